The molecule has 0 saturated carbocycles. The van der Waals surface area contributed by atoms with E-state index in [9.17, 15) is 14.4 Å². The summed E-state index contributed by atoms with van der Waals surface area (Å²) in [5.41, 5.74) is 0. The lowest BCUT2D eigenvalue weighted by Gasteiger charge is -2.18. The van der Waals surface area contributed by atoms with Crippen molar-refractivity contribution in [3.63, 3.8) is 0 Å². The van der Waals surface area contributed by atoms with E-state index >= 15 is 0 Å². The molecule has 0 aliphatic heterocycles. The van der Waals surface area contributed by atoms with Crippen LogP contribution in [-0.4, -0.2) is 37.2 Å². The van der Waals surface area contributed by atoms with Crippen LogP contribution in [0.15, 0.2) is 85.1 Å². The maximum atomic E-state index is 12.8. The van der Waals surface area contributed by atoms with Crippen LogP contribution in [0.5, 0.6) is 0 Å². The molecule has 0 heterocycles. The molecule has 6 heteroatoms. The maximum absolute atomic E-state index is 12.8. The van der Waals surface area contributed by atoms with Crippen LogP contribution in [0.3, 0.4) is 0 Å². The van der Waals surface area contributed by atoms with Crippen LogP contribution in [0.2, 0.25) is 0 Å². The van der Waals surface area contributed by atoms with E-state index in [-0.39, 0.29) is 31.1 Å². The molecule has 0 bridgehead atoms. The van der Waals surface area contributed by atoms with Crippen molar-refractivity contribution in [2.24, 2.45) is 0 Å². The third kappa shape index (κ3) is 47.6. The van der Waals surface area contributed by atoms with Crippen LogP contribution >= 0.6 is 0 Å². The van der Waals surface area contributed by atoms with E-state index in [1.54, 1.807) is 0 Å². The summed E-state index contributed by atoms with van der Waals surface area (Å²) in [4.78, 5) is 38.0. The normalized spacial score (nSPS) is 12.8. The molecule has 0 aromatic heterocycles. The van der Waals surface area contributed by atoms with Gasteiger partial charge in [-0.25, -0.2) is 0 Å². The Kier molecular flexibility index (Phi) is 47.5. The number of hydrogen-bond acceptors (Lipinski definition) is 6. The Morgan fingerprint density at radius 3 is 1.18 bits per heavy atom. The molecule has 0 aliphatic rings. The summed E-state index contributed by atoms with van der Waals surface area (Å²) in [6, 6.07) is 0. The van der Waals surface area contributed by atoms with Crippen molar-refractivity contribution >= 4 is 17.9 Å². The highest BCUT2D eigenvalue weighted by molar-refractivity contribution is 5.71. The van der Waals surface area contributed by atoms with E-state index in [1.165, 1.54) is 77.0 Å². The third-order valence-electron chi connectivity index (χ3n) is 10.7. The third-order valence-corrected chi connectivity index (χ3v) is 10.7. The number of carbonyl (C=O) groups is 3. The number of esters is 3. The van der Waals surface area contributed by atoms with Gasteiger partial charge >= 0.3 is 17.9 Å². The molecule has 0 aromatic rings. The number of hydrogen-bond donors (Lipinski definition) is 0. The van der Waals surface area contributed by atoms with E-state index in [0.29, 0.717) is 19.3 Å². The Morgan fingerprint density at radius 2 is 0.710 bits per heavy atom. The van der Waals surface area contributed by atoms with Gasteiger partial charge in [-0.05, 0) is 77.0 Å². The molecule has 62 heavy (non-hydrogen) atoms. The van der Waals surface area contributed by atoms with E-state index in [0.717, 1.165) is 116 Å². The van der Waals surface area contributed by atoms with Gasteiger partial charge in [0.05, 0.1) is 0 Å². The lowest BCUT2D eigenvalue weighted by Crippen LogP contribution is -2.30. The fourth-order valence-electron chi connectivity index (χ4n) is 6.90. The molecule has 0 radical (unpaired) electrons. The summed E-state index contributed by atoms with van der Waals surface area (Å²) < 4.78 is 16.8. The first-order valence-corrected chi connectivity index (χ1v) is 25.6. The number of allylic oxidation sites excluding steroid dienone is 14. The zero-order chi connectivity index (χ0) is 45.1. The molecule has 0 saturated heterocycles. The second kappa shape index (κ2) is 50.2. The molecule has 0 spiro atoms. The number of carbonyl (C=O) groups excluding carboxylic acids is 3. The van der Waals surface area contributed by atoms with Crippen molar-refractivity contribution in [1.82, 2.24) is 0 Å². The van der Waals surface area contributed by atoms with Gasteiger partial charge in [0.15, 0.2) is 6.10 Å². The highest BCUT2D eigenvalue weighted by atomic mass is 16.6. The molecule has 354 valence electrons. The van der Waals surface area contributed by atoms with Gasteiger partial charge in [-0.1, -0.05) is 221 Å². The summed E-state index contributed by atoms with van der Waals surface area (Å²) in [5, 5.41) is 0. The monoisotopic (exact) mass is 863 g/mol. The lowest BCUT2D eigenvalue weighted by atomic mass is 10.0. The van der Waals surface area contributed by atoms with Gasteiger partial charge in [0.25, 0.3) is 0 Å². The van der Waals surface area contributed by atoms with Gasteiger partial charge in [0, 0.05) is 19.3 Å². The second-order valence-electron chi connectivity index (χ2n) is 16.7. The Morgan fingerprint density at radius 1 is 0.355 bits per heavy atom. The van der Waals surface area contributed by atoms with Crippen molar-refractivity contribution in [2.45, 2.75) is 239 Å². The molecule has 0 rings (SSSR count). The molecular formula is C56H94O6. The highest BCUT2D eigenvalue weighted by Gasteiger charge is 2.19. The minimum absolute atomic E-state index is 0.0966. The van der Waals surface area contributed by atoms with Crippen LogP contribution in [0.25, 0.3) is 0 Å². The zero-order valence-electron chi connectivity index (χ0n) is 40.4. The van der Waals surface area contributed by atoms with E-state index in [2.05, 4.69) is 106 Å². The maximum Gasteiger partial charge on any atom is 0.306 e. The van der Waals surface area contributed by atoms with E-state index in [1.807, 2.05) is 0 Å². The Bertz CT molecular complexity index is 1220. The Balaban J connectivity index is 4.46. The van der Waals surface area contributed by atoms with E-state index in [4.69, 9.17) is 14.2 Å². The van der Waals surface area contributed by atoms with Crippen molar-refractivity contribution in [3.8, 4) is 0 Å². The number of rotatable bonds is 45. The first-order valence-electron chi connectivity index (χ1n) is 25.6. The Labute approximate surface area is 382 Å². The van der Waals surface area contributed by atoms with Crippen molar-refractivity contribution in [3.05, 3.63) is 85.1 Å². The van der Waals surface area contributed by atoms with Gasteiger partial charge in [-0.3, -0.25) is 14.4 Å². The minimum Gasteiger partial charge on any atom is -0.462 e. The summed E-state index contributed by atoms with van der Waals surface area (Å²) in [5.74, 6) is -0.946. The van der Waals surface area contributed by atoms with Gasteiger partial charge in [0.1, 0.15) is 13.2 Å². The van der Waals surface area contributed by atoms with Crippen molar-refractivity contribution < 1.29 is 28.6 Å². The zero-order valence-corrected chi connectivity index (χ0v) is 40.4. The predicted octanol–water partition coefficient (Wildman–Crippen LogP) is 16.8. The second-order valence-corrected chi connectivity index (χ2v) is 16.7. The van der Waals surface area contributed by atoms with Crippen molar-refractivity contribution in [2.75, 3.05) is 13.2 Å². The molecule has 0 aromatic carbocycles. The summed E-state index contributed by atoms with van der Waals surface area (Å²) >= 11 is 0. The van der Waals surface area contributed by atoms with E-state index < -0.39 is 6.10 Å². The fourth-order valence-corrected chi connectivity index (χ4v) is 6.90. The number of ether oxygens (including phenoxy) is 3. The molecule has 6 nitrogen and oxygen atoms in total. The van der Waals surface area contributed by atoms with Gasteiger partial charge in [0.2, 0.25) is 0 Å². The summed E-state index contributed by atoms with van der Waals surface area (Å²) in [6.07, 6.45) is 64.2. The van der Waals surface area contributed by atoms with Crippen LogP contribution in [0.4, 0.5) is 0 Å². The van der Waals surface area contributed by atoms with Gasteiger partial charge in [-0.2, -0.15) is 0 Å². The molecular weight excluding hydrogens is 769 g/mol. The lowest BCUT2D eigenvalue weighted by molar-refractivity contribution is -0.167. The van der Waals surface area contributed by atoms with Crippen LogP contribution in [-0.2, 0) is 28.6 Å². The van der Waals surface area contributed by atoms with Crippen LogP contribution in [0.1, 0.15) is 233 Å². The first-order chi connectivity index (χ1) is 30.5. The predicted molar refractivity (Wildman–Crippen MR) is 265 cm³/mol. The molecule has 0 N–H and O–H groups in total. The summed E-state index contributed by atoms with van der Waals surface area (Å²) in [6.45, 7) is 6.35. The minimum atomic E-state index is -0.796. The van der Waals surface area contributed by atoms with Gasteiger partial charge in [-0.15, -0.1) is 0 Å². The van der Waals surface area contributed by atoms with Gasteiger partial charge < -0.3 is 14.2 Å². The largest absolute Gasteiger partial charge is 0.462 e. The topological polar surface area (TPSA) is 78.9 Å². The first kappa shape index (κ1) is 58.6. The molecule has 0 fully saturated rings. The average Bonchev–Trinajstić information content (AvgIpc) is 3.27. The quantitative estimate of drug-likeness (QED) is 0.0199. The summed E-state index contributed by atoms with van der Waals surface area (Å²) in [7, 11) is 0. The molecule has 0 amide bonds. The standard InChI is InChI=1S/C56H94O6/c1-4-7-10-13-16-19-22-25-27-29-31-34-37-40-43-46-49-55(58)61-52-53(51-60-54(57)48-45-42-39-36-33-30-24-21-18-15-12-9-6-3)62-56(59)50-47-44-41-38-35-32-28-26-23-20-17-14-11-8-5-2/h7,9-10,12,15-16,18-19,21,24-25,27,31,34,53H,4-6,8,11,13-14,17,20,22-23,26,28-30,32-33,35-52H2,1-3H3/b10-7-,12-9-,18-15-,19-16-,24-21-,27-25-,34-31-. The SMILES string of the molecule is CC\C=C/C=C\C=C/CCCCCCCC(=O)OCC(COC(=O)CCCCC/C=C\C/C=C\C/C=C\C/C=C\CC)OC(=O)CCCCCCCCCCCCCCCCC. The molecule has 0 aliphatic carbocycles. The van der Waals surface area contributed by atoms with Crippen LogP contribution in [0, 0.1) is 0 Å². The Hall–Kier alpha value is -3.41. The molecule has 1 atom stereocenters. The van der Waals surface area contributed by atoms with Crippen molar-refractivity contribution in [1.29, 1.82) is 0 Å². The molecule has 1 unspecified atom stereocenters. The fraction of sp³-hybridized carbons (Fsp3) is 0.696. The highest BCUT2D eigenvalue weighted by Crippen LogP contribution is 2.15. The van der Waals surface area contributed by atoms with Crippen LogP contribution < -0.4 is 0 Å². The smallest absolute Gasteiger partial charge is 0.306 e. The number of unbranched alkanes of at least 4 members (excludes halogenated alkanes) is 22. The average molecular weight is 863 g/mol.